The predicted molar refractivity (Wildman–Crippen MR) is 48.8 cm³/mol. The SMILES string of the molecule is CC1Nc2ccc(C(=O)O)n2NC1=O. The molecule has 0 spiro atoms. The molecule has 2 heterocycles. The highest BCUT2D eigenvalue weighted by molar-refractivity contribution is 5.96. The standard InChI is InChI=1S/C8H9N3O3/c1-4-7(12)10-11-5(8(13)14)2-3-6(11)9-4/h2-4,9H,1H3,(H,10,12)(H,13,14). The number of aromatic nitrogens is 1. The Bertz CT molecular complexity index is 410. The Kier molecular flexibility index (Phi) is 1.70. The van der Waals surface area contributed by atoms with Gasteiger partial charge in [-0.15, -0.1) is 0 Å². The van der Waals surface area contributed by atoms with Gasteiger partial charge in [-0.3, -0.25) is 10.2 Å². The summed E-state index contributed by atoms with van der Waals surface area (Å²) in [6.45, 7) is 1.70. The number of nitrogens with zero attached hydrogens (tertiary/aromatic N) is 1. The topological polar surface area (TPSA) is 83.4 Å². The van der Waals surface area contributed by atoms with Gasteiger partial charge in [-0.05, 0) is 19.1 Å². The van der Waals surface area contributed by atoms with Crippen LogP contribution in [0, 0.1) is 0 Å². The van der Waals surface area contributed by atoms with E-state index in [2.05, 4.69) is 10.7 Å². The van der Waals surface area contributed by atoms with Crippen LogP contribution in [0.5, 0.6) is 0 Å². The summed E-state index contributed by atoms with van der Waals surface area (Å²) in [6, 6.07) is 2.70. The minimum Gasteiger partial charge on any atom is -0.477 e. The fourth-order valence-corrected chi connectivity index (χ4v) is 1.33. The van der Waals surface area contributed by atoms with E-state index < -0.39 is 5.97 Å². The van der Waals surface area contributed by atoms with E-state index in [0.29, 0.717) is 5.82 Å². The second-order valence-electron chi connectivity index (χ2n) is 3.09. The Morgan fingerprint density at radius 3 is 2.93 bits per heavy atom. The molecule has 0 fully saturated rings. The van der Waals surface area contributed by atoms with Gasteiger partial charge in [-0.2, -0.15) is 0 Å². The summed E-state index contributed by atoms with van der Waals surface area (Å²) in [5, 5.41) is 11.7. The van der Waals surface area contributed by atoms with Gasteiger partial charge in [0, 0.05) is 0 Å². The molecule has 1 aromatic heterocycles. The first-order valence-corrected chi connectivity index (χ1v) is 4.12. The zero-order valence-electron chi connectivity index (χ0n) is 7.44. The maximum atomic E-state index is 11.2. The second-order valence-corrected chi connectivity index (χ2v) is 3.09. The molecule has 1 unspecified atom stereocenters. The highest BCUT2D eigenvalue weighted by Gasteiger charge is 2.24. The number of carboxylic acid groups (broad SMARTS) is 1. The molecule has 1 amide bonds. The zero-order valence-corrected chi connectivity index (χ0v) is 7.44. The number of carboxylic acids is 1. The third-order valence-electron chi connectivity index (χ3n) is 2.08. The fraction of sp³-hybridized carbons (Fsp3) is 0.250. The Balaban J connectivity index is 2.45. The largest absolute Gasteiger partial charge is 0.477 e. The molecule has 14 heavy (non-hydrogen) atoms. The summed E-state index contributed by atoms with van der Waals surface area (Å²) in [5.74, 6) is -0.751. The second kappa shape index (κ2) is 2.76. The monoisotopic (exact) mass is 195 g/mol. The molecule has 1 aliphatic rings. The van der Waals surface area contributed by atoms with Gasteiger partial charge in [-0.25, -0.2) is 9.47 Å². The molecule has 1 aliphatic heterocycles. The van der Waals surface area contributed by atoms with Gasteiger partial charge in [0.05, 0.1) is 0 Å². The van der Waals surface area contributed by atoms with E-state index in [4.69, 9.17) is 5.11 Å². The normalized spacial score (nSPS) is 19.5. The van der Waals surface area contributed by atoms with Crippen LogP contribution >= 0.6 is 0 Å². The molecule has 6 heteroatoms. The summed E-state index contributed by atoms with van der Waals surface area (Å²) >= 11 is 0. The summed E-state index contributed by atoms with van der Waals surface area (Å²) in [7, 11) is 0. The van der Waals surface area contributed by atoms with E-state index in [9.17, 15) is 9.59 Å². The molecule has 2 rings (SSSR count). The summed E-state index contributed by atoms with van der Waals surface area (Å²) in [4.78, 5) is 22.0. The van der Waals surface area contributed by atoms with Crippen molar-refractivity contribution < 1.29 is 14.7 Å². The lowest BCUT2D eigenvalue weighted by Gasteiger charge is -2.24. The van der Waals surface area contributed by atoms with Gasteiger partial charge < -0.3 is 10.4 Å². The van der Waals surface area contributed by atoms with E-state index in [1.54, 1.807) is 13.0 Å². The van der Waals surface area contributed by atoms with Crippen molar-refractivity contribution in [3.05, 3.63) is 17.8 Å². The lowest BCUT2D eigenvalue weighted by Crippen LogP contribution is -2.43. The number of carbonyl (C=O) groups excluding carboxylic acids is 1. The first-order valence-electron chi connectivity index (χ1n) is 4.12. The molecule has 6 nitrogen and oxygen atoms in total. The van der Waals surface area contributed by atoms with Crippen molar-refractivity contribution in [3.8, 4) is 0 Å². The maximum absolute atomic E-state index is 11.2. The van der Waals surface area contributed by atoms with Gasteiger partial charge in [0.2, 0.25) is 0 Å². The van der Waals surface area contributed by atoms with Crippen LogP contribution in [0.2, 0.25) is 0 Å². The average molecular weight is 195 g/mol. The molecule has 0 saturated carbocycles. The number of fused-ring (bicyclic) bond motifs is 1. The molecule has 0 saturated heterocycles. The van der Waals surface area contributed by atoms with Crippen LogP contribution in [-0.2, 0) is 4.79 Å². The number of amides is 1. The van der Waals surface area contributed by atoms with Crippen molar-refractivity contribution in [1.82, 2.24) is 4.68 Å². The number of hydrogen-bond donors (Lipinski definition) is 3. The maximum Gasteiger partial charge on any atom is 0.354 e. The highest BCUT2D eigenvalue weighted by Crippen LogP contribution is 2.17. The van der Waals surface area contributed by atoms with Crippen molar-refractivity contribution in [2.24, 2.45) is 0 Å². The van der Waals surface area contributed by atoms with E-state index >= 15 is 0 Å². The number of aromatic carboxylic acids is 1. The van der Waals surface area contributed by atoms with Crippen molar-refractivity contribution in [2.45, 2.75) is 13.0 Å². The van der Waals surface area contributed by atoms with Gasteiger partial charge in [0.25, 0.3) is 5.91 Å². The first-order chi connectivity index (χ1) is 6.59. The van der Waals surface area contributed by atoms with Crippen molar-refractivity contribution in [3.63, 3.8) is 0 Å². The molecule has 0 bridgehead atoms. The minimum atomic E-state index is -1.08. The molecule has 1 aromatic rings. The number of nitrogens with one attached hydrogen (secondary N) is 2. The number of rotatable bonds is 1. The molecular weight excluding hydrogens is 186 g/mol. The van der Waals surface area contributed by atoms with Crippen LogP contribution < -0.4 is 10.7 Å². The average Bonchev–Trinajstić information content (AvgIpc) is 2.48. The van der Waals surface area contributed by atoms with E-state index in [1.807, 2.05) is 0 Å². The Labute approximate surface area is 79.5 Å². The van der Waals surface area contributed by atoms with Crippen LogP contribution in [0.15, 0.2) is 12.1 Å². The van der Waals surface area contributed by atoms with Crippen LogP contribution in [0.25, 0.3) is 0 Å². The lowest BCUT2D eigenvalue weighted by molar-refractivity contribution is -0.117. The van der Waals surface area contributed by atoms with Crippen molar-refractivity contribution in [1.29, 1.82) is 0 Å². The van der Waals surface area contributed by atoms with E-state index in [-0.39, 0.29) is 17.6 Å². The van der Waals surface area contributed by atoms with Crippen LogP contribution in [0.1, 0.15) is 17.4 Å². The van der Waals surface area contributed by atoms with Gasteiger partial charge in [-0.1, -0.05) is 0 Å². The smallest absolute Gasteiger partial charge is 0.354 e. The number of hydrogen-bond acceptors (Lipinski definition) is 3. The highest BCUT2D eigenvalue weighted by atomic mass is 16.4. The van der Waals surface area contributed by atoms with Crippen LogP contribution in [-0.4, -0.2) is 27.7 Å². The third kappa shape index (κ3) is 1.12. The molecule has 74 valence electrons. The predicted octanol–water partition coefficient (Wildman–Crippen LogP) is 0.0704. The summed E-state index contributed by atoms with van der Waals surface area (Å²) in [5.41, 5.74) is 2.51. The Hall–Kier alpha value is -1.98. The fourth-order valence-electron chi connectivity index (χ4n) is 1.33. The minimum absolute atomic E-state index is 0.0350. The summed E-state index contributed by atoms with van der Waals surface area (Å²) < 4.78 is 1.23. The quantitative estimate of drug-likeness (QED) is 0.592. The van der Waals surface area contributed by atoms with E-state index in [0.717, 1.165) is 0 Å². The molecule has 0 radical (unpaired) electrons. The van der Waals surface area contributed by atoms with Gasteiger partial charge in [0.15, 0.2) is 0 Å². The molecule has 3 N–H and O–H groups in total. The first kappa shape index (κ1) is 8.61. The zero-order chi connectivity index (χ0) is 10.3. The molecular formula is C8H9N3O3. The molecule has 0 aromatic carbocycles. The van der Waals surface area contributed by atoms with Gasteiger partial charge >= 0.3 is 5.97 Å². The summed E-state index contributed by atoms with van der Waals surface area (Å²) in [6.07, 6.45) is 0. The number of anilines is 1. The van der Waals surface area contributed by atoms with Crippen LogP contribution in [0.4, 0.5) is 5.82 Å². The molecule has 1 atom stereocenters. The van der Waals surface area contributed by atoms with E-state index in [1.165, 1.54) is 10.7 Å². The van der Waals surface area contributed by atoms with Crippen LogP contribution in [0.3, 0.4) is 0 Å². The van der Waals surface area contributed by atoms with Gasteiger partial charge in [0.1, 0.15) is 17.6 Å². The Morgan fingerprint density at radius 1 is 1.57 bits per heavy atom. The lowest BCUT2D eigenvalue weighted by atomic mass is 10.3. The number of carbonyl (C=O) groups is 2. The third-order valence-corrected chi connectivity index (χ3v) is 2.08. The Morgan fingerprint density at radius 2 is 2.29 bits per heavy atom. The van der Waals surface area contributed by atoms with Crippen molar-refractivity contribution >= 4 is 17.7 Å². The van der Waals surface area contributed by atoms with Crippen molar-refractivity contribution in [2.75, 3.05) is 10.7 Å². The molecule has 0 aliphatic carbocycles.